The van der Waals surface area contributed by atoms with Crippen molar-refractivity contribution in [3.63, 3.8) is 0 Å². The van der Waals surface area contributed by atoms with Crippen LogP contribution >= 0.6 is 0 Å². The van der Waals surface area contributed by atoms with Gasteiger partial charge in [-0.1, -0.05) is 23.7 Å². The summed E-state index contributed by atoms with van der Waals surface area (Å²) in [7, 11) is 0. The summed E-state index contributed by atoms with van der Waals surface area (Å²) >= 11 is 0. The number of hydrogen-bond acceptors (Lipinski definition) is 7. The molecule has 0 unspecified atom stereocenters. The highest BCUT2D eigenvalue weighted by molar-refractivity contribution is 5.85. The molecule has 1 aliphatic rings. The van der Waals surface area contributed by atoms with Crippen LogP contribution in [0.4, 0.5) is 0 Å². The van der Waals surface area contributed by atoms with Crippen LogP contribution in [0.3, 0.4) is 0 Å². The molecule has 136 valence electrons. The Balaban J connectivity index is 1.95. The fourth-order valence-electron chi connectivity index (χ4n) is 2.74. The maximum absolute atomic E-state index is 10.1. The van der Waals surface area contributed by atoms with E-state index in [-0.39, 0.29) is 6.61 Å². The van der Waals surface area contributed by atoms with Gasteiger partial charge in [0.05, 0.1) is 23.9 Å². The van der Waals surface area contributed by atoms with Crippen LogP contribution in [0.2, 0.25) is 0 Å². The largest absolute Gasteiger partial charge is 0.394 e. The molecule has 2 aromatic rings. The number of nitrogens with zero attached hydrogens (tertiary/aromatic N) is 1. The average molecular weight is 358 g/mol. The average Bonchev–Trinajstić information content (AvgIpc) is 3.12. The fourth-order valence-corrected chi connectivity index (χ4v) is 2.74. The molecule has 0 aliphatic carbocycles. The molecule has 1 aromatic carbocycles. The Morgan fingerprint density at radius 1 is 1.08 bits per heavy atom. The van der Waals surface area contributed by atoms with Gasteiger partial charge in [-0.25, -0.2) is 0 Å². The molecule has 0 saturated carbocycles. The number of aromatic amines is 1. The third-order valence-electron chi connectivity index (χ3n) is 4.10. The number of aliphatic hydroxyl groups is 5. The lowest BCUT2D eigenvalue weighted by molar-refractivity contribution is -0.214. The van der Waals surface area contributed by atoms with Crippen LogP contribution in [-0.4, -0.2) is 79.5 Å². The van der Waals surface area contributed by atoms with Crippen molar-refractivity contribution in [2.45, 2.75) is 30.5 Å². The van der Waals surface area contributed by atoms with E-state index in [9.17, 15) is 20.4 Å². The van der Waals surface area contributed by atoms with Crippen molar-refractivity contribution in [3.8, 4) is 23.7 Å². The number of fused-ring (bicyclic) bond motifs is 1. The summed E-state index contributed by atoms with van der Waals surface area (Å²) in [5.41, 5.74) is 1.84. The molecule has 5 atom stereocenters. The molecule has 3 rings (SSSR count). The minimum Gasteiger partial charge on any atom is -0.394 e. The van der Waals surface area contributed by atoms with E-state index in [0.717, 1.165) is 5.39 Å². The van der Waals surface area contributed by atoms with E-state index >= 15 is 0 Å². The summed E-state index contributed by atoms with van der Waals surface area (Å²) in [6.07, 6.45) is -4.82. The van der Waals surface area contributed by atoms with Gasteiger partial charge in [0.25, 0.3) is 0 Å². The standard InChI is InChI=1S/C18H18N2O6/c21-5-1-2-10-6-11(15-12(7-10)8-19-20-15)3-4-13-16(23)18(25)17(24)14(9-22)26-13/h6-8,13-14,16-18,21-25H,5,9H2,(H,19,20)/t13-,14-,16-,17-,18-/m1/s1. The quantitative estimate of drug-likeness (QED) is 0.327. The second kappa shape index (κ2) is 7.85. The molecule has 1 saturated heterocycles. The van der Waals surface area contributed by atoms with E-state index in [1.165, 1.54) is 0 Å². The van der Waals surface area contributed by atoms with Crippen LogP contribution < -0.4 is 0 Å². The second-order valence-electron chi connectivity index (χ2n) is 5.84. The van der Waals surface area contributed by atoms with Crippen LogP contribution in [0.1, 0.15) is 11.1 Å². The van der Waals surface area contributed by atoms with Crippen LogP contribution in [0.15, 0.2) is 18.3 Å². The zero-order valence-corrected chi connectivity index (χ0v) is 13.6. The number of H-pyrrole nitrogens is 1. The molecule has 1 aromatic heterocycles. The first kappa shape index (κ1) is 18.4. The van der Waals surface area contributed by atoms with Gasteiger partial charge in [-0.2, -0.15) is 5.10 Å². The highest BCUT2D eigenvalue weighted by atomic mass is 16.5. The first-order chi connectivity index (χ1) is 12.5. The molecule has 0 bridgehead atoms. The molecule has 1 aliphatic heterocycles. The second-order valence-corrected chi connectivity index (χ2v) is 5.84. The maximum atomic E-state index is 10.1. The molecule has 6 N–H and O–H groups in total. The van der Waals surface area contributed by atoms with E-state index in [2.05, 4.69) is 33.9 Å². The monoisotopic (exact) mass is 358 g/mol. The van der Waals surface area contributed by atoms with Gasteiger partial charge < -0.3 is 30.3 Å². The highest BCUT2D eigenvalue weighted by Gasteiger charge is 2.42. The number of hydrogen-bond donors (Lipinski definition) is 6. The number of aromatic nitrogens is 2. The highest BCUT2D eigenvalue weighted by Crippen LogP contribution is 2.22. The van der Waals surface area contributed by atoms with E-state index in [0.29, 0.717) is 16.6 Å². The van der Waals surface area contributed by atoms with E-state index in [1.807, 2.05) is 0 Å². The zero-order valence-electron chi connectivity index (χ0n) is 13.6. The Bertz CT molecular complexity index is 901. The lowest BCUT2D eigenvalue weighted by Gasteiger charge is -2.37. The topological polar surface area (TPSA) is 139 Å². The van der Waals surface area contributed by atoms with Gasteiger partial charge in [-0.3, -0.25) is 5.10 Å². The Labute approximate surface area is 149 Å². The van der Waals surface area contributed by atoms with Gasteiger partial charge in [-0.05, 0) is 12.1 Å². The normalized spacial score (nSPS) is 28.1. The Kier molecular flexibility index (Phi) is 5.55. The van der Waals surface area contributed by atoms with Crippen molar-refractivity contribution in [3.05, 3.63) is 29.5 Å². The lowest BCUT2D eigenvalue weighted by Crippen LogP contribution is -2.58. The zero-order chi connectivity index (χ0) is 18.7. The fraction of sp³-hybridized carbons (Fsp3) is 0.389. The van der Waals surface area contributed by atoms with Crippen molar-refractivity contribution in [2.75, 3.05) is 13.2 Å². The molecule has 2 heterocycles. The van der Waals surface area contributed by atoms with Crippen molar-refractivity contribution >= 4 is 10.9 Å². The molecular formula is C18H18N2O6. The minimum atomic E-state index is -1.48. The van der Waals surface area contributed by atoms with E-state index < -0.39 is 37.1 Å². The summed E-state index contributed by atoms with van der Waals surface area (Å²) in [5.74, 6) is 10.9. The predicted molar refractivity (Wildman–Crippen MR) is 90.7 cm³/mol. The first-order valence-electron chi connectivity index (χ1n) is 7.94. The number of aliphatic hydroxyl groups excluding tert-OH is 5. The summed E-state index contributed by atoms with van der Waals surface area (Å²) < 4.78 is 5.37. The number of ether oxygens (including phenoxy) is 1. The smallest absolute Gasteiger partial charge is 0.147 e. The Morgan fingerprint density at radius 3 is 2.62 bits per heavy atom. The van der Waals surface area contributed by atoms with Gasteiger partial charge in [0.15, 0.2) is 0 Å². The van der Waals surface area contributed by atoms with Crippen molar-refractivity contribution in [1.82, 2.24) is 10.2 Å². The summed E-state index contributed by atoms with van der Waals surface area (Å²) in [6, 6.07) is 3.49. The Morgan fingerprint density at radius 2 is 1.88 bits per heavy atom. The van der Waals surface area contributed by atoms with E-state index in [1.54, 1.807) is 18.3 Å². The molecule has 0 spiro atoms. The van der Waals surface area contributed by atoms with Gasteiger partial charge in [0.2, 0.25) is 0 Å². The molecule has 8 nitrogen and oxygen atoms in total. The van der Waals surface area contributed by atoms with Crippen LogP contribution in [-0.2, 0) is 4.74 Å². The van der Waals surface area contributed by atoms with Gasteiger partial charge >= 0.3 is 0 Å². The minimum absolute atomic E-state index is 0.269. The van der Waals surface area contributed by atoms with Gasteiger partial charge in [-0.15, -0.1) is 0 Å². The first-order valence-corrected chi connectivity index (χ1v) is 7.94. The van der Waals surface area contributed by atoms with Crippen LogP contribution in [0, 0.1) is 23.7 Å². The molecule has 1 fully saturated rings. The maximum Gasteiger partial charge on any atom is 0.147 e. The number of benzene rings is 1. The number of nitrogens with one attached hydrogen (secondary N) is 1. The van der Waals surface area contributed by atoms with Crippen molar-refractivity contribution in [2.24, 2.45) is 0 Å². The van der Waals surface area contributed by atoms with Crippen molar-refractivity contribution < 1.29 is 30.3 Å². The van der Waals surface area contributed by atoms with Crippen LogP contribution in [0.5, 0.6) is 0 Å². The Hall–Kier alpha value is -2.43. The molecular weight excluding hydrogens is 340 g/mol. The van der Waals surface area contributed by atoms with Gasteiger partial charge in [0.1, 0.15) is 37.1 Å². The third kappa shape index (κ3) is 3.57. The summed E-state index contributed by atoms with van der Waals surface area (Å²) in [4.78, 5) is 0. The molecule has 0 radical (unpaired) electrons. The van der Waals surface area contributed by atoms with Gasteiger partial charge in [0, 0.05) is 10.9 Å². The molecule has 0 amide bonds. The SMILES string of the molecule is OCC#Cc1cc(C#C[C@H]2O[C@H](CO)[C@@H](O)[C@H](O)[C@@H]2O)c2[nH]ncc2c1. The lowest BCUT2D eigenvalue weighted by atomic mass is 9.95. The predicted octanol–water partition coefficient (Wildman–Crippen LogP) is -1.90. The molecule has 8 heteroatoms. The summed E-state index contributed by atoms with van der Waals surface area (Å²) in [6.45, 7) is -0.782. The number of rotatable bonds is 1. The van der Waals surface area contributed by atoms with E-state index in [4.69, 9.17) is 9.84 Å². The molecule has 26 heavy (non-hydrogen) atoms. The third-order valence-corrected chi connectivity index (χ3v) is 4.10. The van der Waals surface area contributed by atoms with Crippen molar-refractivity contribution in [1.29, 1.82) is 0 Å². The van der Waals surface area contributed by atoms with Crippen LogP contribution in [0.25, 0.3) is 10.9 Å². The summed E-state index contributed by atoms with van der Waals surface area (Å²) in [5, 5.41) is 55.3.